The van der Waals surface area contributed by atoms with E-state index in [4.69, 9.17) is 10.5 Å². The molecule has 118 valence electrons. The lowest BCUT2D eigenvalue weighted by Crippen LogP contribution is -2.51. The van der Waals surface area contributed by atoms with Crippen LogP contribution in [0.2, 0.25) is 0 Å². The summed E-state index contributed by atoms with van der Waals surface area (Å²) in [5, 5.41) is 0. The highest BCUT2D eigenvalue weighted by molar-refractivity contribution is 7.89. The standard InChI is InChI=1S/C14H21FN2O3S/c1-10(16)13-5-3-4-8-17(13)21(18,19)11-6-7-12(15)14(9-11)20-2/h6-7,9-10,13H,3-5,8,16H2,1-2H3. The van der Waals surface area contributed by atoms with Crippen LogP contribution in [0.3, 0.4) is 0 Å². The van der Waals surface area contributed by atoms with Crippen molar-refractivity contribution in [2.75, 3.05) is 13.7 Å². The van der Waals surface area contributed by atoms with E-state index in [1.54, 1.807) is 0 Å². The highest BCUT2D eigenvalue weighted by Crippen LogP contribution is 2.29. The first-order chi connectivity index (χ1) is 9.87. The van der Waals surface area contributed by atoms with Crippen LogP contribution in [0.25, 0.3) is 0 Å². The lowest BCUT2D eigenvalue weighted by Gasteiger charge is -2.36. The molecule has 5 nitrogen and oxygen atoms in total. The van der Waals surface area contributed by atoms with Gasteiger partial charge in [0, 0.05) is 24.7 Å². The first-order valence-electron chi connectivity index (χ1n) is 6.99. The number of sulfonamides is 1. The summed E-state index contributed by atoms with van der Waals surface area (Å²) in [6.07, 6.45) is 2.51. The lowest BCUT2D eigenvalue weighted by molar-refractivity contribution is 0.227. The topological polar surface area (TPSA) is 72.6 Å². The summed E-state index contributed by atoms with van der Waals surface area (Å²) in [5.41, 5.74) is 5.92. The number of methoxy groups -OCH3 is 1. The van der Waals surface area contributed by atoms with Crippen LogP contribution >= 0.6 is 0 Å². The van der Waals surface area contributed by atoms with Crippen molar-refractivity contribution in [1.82, 2.24) is 4.31 Å². The number of ether oxygens (including phenoxy) is 1. The van der Waals surface area contributed by atoms with Crippen LogP contribution < -0.4 is 10.5 Å². The Morgan fingerprint density at radius 2 is 2.14 bits per heavy atom. The number of benzene rings is 1. The van der Waals surface area contributed by atoms with Crippen molar-refractivity contribution in [2.24, 2.45) is 5.73 Å². The van der Waals surface area contributed by atoms with Gasteiger partial charge in [0.05, 0.1) is 12.0 Å². The van der Waals surface area contributed by atoms with Gasteiger partial charge in [-0.25, -0.2) is 12.8 Å². The number of nitrogens with two attached hydrogens (primary N) is 1. The number of halogens is 1. The zero-order valence-electron chi connectivity index (χ0n) is 12.3. The second kappa shape index (κ2) is 6.29. The van der Waals surface area contributed by atoms with Gasteiger partial charge < -0.3 is 10.5 Å². The molecule has 0 spiro atoms. The van der Waals surface area contributed by atoms with E-state index in [0.717, 1.165) is 25.3 Å². The Balaban J connectivity index is 2.40. The van der Waals surface area contributed by atoms with Crippen molar-refractivity contribution in [2.45, 2.75) is 43.2 Å². The molecule has 1 aromatic rings. The molecule has 0 amide bonds. The van der Waals surface area contributed by atoms with Crippen LogP contribution in [0.4, 0.5) is 4.39 Å². The molecule has 2 N–H and O–H groups in total. The number of hydrogen-bond acceptors (Lipinski definition) is 4. The fraction of sp³-hybridized carbons (Fsp3) is 0.571. The summed E-state index contributed by atoms with van der Waals surface area (Å²) in [7, 11) is -2.39. The molecule has 1 saturated heterocycles. The van der Waals surface area contributed by atoms with E-state index in [1.807, 2.05) is 6.92 Å². The molecule has 1 aliphatic rings. The molecule has 2 rings (SSSR count). The van der Waals surface area contributed by atoms with E-state index < -0.39 is 15.8 Å². The third-order valence-electron chi connectivity index (χ3n) is 3.83. The average molecular weight is 316 g/mol. The number of nitrogens with zero attached hydrogens (tertiary/aromatic N) is 1. The minimum Gasteiger partial charge on any atom is -0.494 e. The molecule has 7 heteroatoms. The summed E-state index contributed by atoms with van der Waals surface area (Å²) in [5.74, 6) is -0.663. The van der Waals surface area contributed by atoms with Crippen molar-refractivity contribution in [3.05, 3.63) is 24.0 Å². The van der Waals surface area contributed by atoms with E-state index in [9.17, 15) is 12.8 Å². The Hall–Kier alpha value is -1.18. The van der Waals surface area contributed by atoms with Gasteiger partial charge in [0.15, 0.2) is 11.6 Å². The Morgan fingerprint density at radius 3 is 2.76 bits per heavy atom. The Bertz CT molecular complexity index is 604. The first-order valence-corrected chi connectivity index (χ1v) is 8.43. The molecule has 1 fully saturated rings. The average Bonchev–Trinajstić information content (AvgIpc) is 2.47. The third-order valence-corrected chi connectivity index (χ3v) is 5.75. The maximum absolute atomic E-state index is 13.5. The molecule has 0 bridgehead atoms. The molecular weight excluding hydrogens is 295 g/mol. The van der Waals surface area contributed by atoms with E-state index in [0.29, 0.717) is 6.54 Å². The van der Waals surface area contributed by atoms with Gasteiger partial charge in [0.1, 0.15) is 0 Å². The number of rotatable bonds is 4. The van der Waals surface area contributed by atoms with Gasteiger partial charge in [0.2, 0.25) is 10.0 Å². The zero-order chi connectivity index (χ0) is 15.6. The smallest absolute Gasteiger partial charge is 0.243 e. The van der Waals surface area contributed by atoms with E-state index in [1.165, 1.54) is 23.5 Å². The predicted molar refractivity (Wildman–Crippen MR) is 78.1 cm³/mol. The Morgan fingerprint density at radius 1 is 1.43 bits per heavy atom. The van der Waals surface area contributed by atoms with Gasteiger partial charge >= 0.3 is 0 Å². The van der Waals surface area contributed by atoms with Crippen molar-refractivity contribution in [3.8, 4) is 5.75 Å². The SMILES string of the molecule is COc1cc(S(=O)(=O)N2CCCCC2C(C)N)ccc1F. The van der Waals surface area contributed by atoms with Crippen LogP contribution in [0, 0.1) is 5.82 Å². The molecule has 0 saturated carbocycles. The molecule has 1 heterocycles. The van der Waals surface area contributed by atoms with Gasteiger partial charge in [-0.1, -0.05) is 6.42 Å². The summed E-state index contributed by atoms with van der Waals surface area (Å²) >= 11 is 0. The predicted octanol–water partition coefficient (Wildman–Crippen LogP) is 1.72. The lowest BCUT2D eigenvalue weighted by atomic mass is 10.00. The molecule has 1 aliphatic heterocycles. The maximum Gasteiger partial charge on any atom is 0.243 e. The van der Waals surface area contributed by atoms with Gasteiger partial charge in [0.25, 0.3) is 0 Å². The van der Waals surface area contributed by atoms with Crippen molar-refractivity contribution >= 4 is 10.0 Å². The largest absolute Gasteiger partial charge is 0.494 e. The molecule has 0 aromatic heterocycles. The van der Waals surface area contributed by atoms with Crippen molar-refractivity contribution in [1.29, 1.82) is 0 Å². The second-order valence-electron chi connectivity index (χ2n) is 5.33. The summed E-state index contributed by atoms with van der Waals surface area (Å²) in [6, 6.07) is 3.12. The maximum atomic E-state index is 13.5. The molecule has 21 heavy (non-hydrogen) atoms. The van der Waals surface area contributed by atoms with Crippen LogP contribution in [-0.2, 0) is 10.0 Å². The highest BCUT2D eigenvalue weighted by atomic mass is 32.2. The van der Waals surface area contributed by atoms with Crippen LogP contribution in [-0.4, -0.2) is 38.5 Å². The summed E-state index contributed by atoms with van der Waals surface area (Å²) in [4.78, 5) is 0.0355. The Labute approximate surface area is 124 Å². The van der Waals surface area contributed by atoms with Gasteiger partial charge in [-0.2, -0.15) is 4.31 Å². The molecule has 2 unspecified atom stereocenters. The first kappa shape index (κ1) is 16.2. The van der Waals surface area contributed by atoms with Crippen LogP contribution in [0.15, 0.2) is 23.1 Å². The fourth-order valence-corrected chi connectivity index (χ4v) is 4.48. The normalized spacial score (nSPS) is 22.0. The third kappa shape index (κ3) is 3.20. The van der Waals surface area contributed by atoms with Crippen LogP contribution in [0.1, 0.15) is 26.2 Å². The zero-order valence-corrected chi connectivity index (χ0v) is 13.1. The van der Waals surface area contributed by atoms with Gasteiger partial charge in [-0.15, -0.1) is 0 Å². The molecular formula is C14H21FN2O3S. The highest BCUT2D eigenvalue weighted by Gasteiger charge is 2.35. The fourth-order valence-electron chi connectivity index (χ4n) is 2.69. The van der Waals surface area contributed by atoms with Gasteiger partial charge in [-0.05, 0) is 31.9 Å². The number of piperidine rings is 1. The van der Waals surface area contributed by atoms with Crippen molar-refractivity contribution in [3.63, 3.8) is 0 Å². The quantitative estimate of drug-likeness (QED) is 0.918. The molecule has 1 aromatic carbocycles. The second-order valence-corrected chi connectivity index (χ2v) is 7.22. The van der Waals surface area contributed by atoms with E-state index in [-0.39, 0.29) is 22.7 Å². The van der Waals surface area contributed by atoms with Crippen LogP contribution in [0.5, 0.6) is 5.75 Å². The minimum atomic E-state index is -3.70. The summed E-state index contributed by atoms with van der Waals surface area (Å²) < 4.78 is 45.3. The van der Waals surface area contributed by atoms with Crippen molar-refractivity contribution < 1.29 is 17.5 Å². The number of hydrogen-bond donors (Lipinski definition) is 1. The van der Waals surface area contributed by atoms with E-state index in [2.05, 4.69) is 0 Å². The molecule has 0 aliphatic carbocycles. The monoisotopic (exact) mass is 316 g/mol. The molecule has 0 radical (unpaired) electrons. The minimum absolute atomic E-state index is 0.0355. The van der Waals surface area contributed by atoms with E-state index >= 15 is 0 Å². The summed E-state index contributed by atoms with van der Waals surface area (Å²) in [6.45, 7) is 2.25. The molecule has 2 atom stereocenters. The Kier molecular flexibility index (Phi) is 4.85. The van der Waals surface area contributed by atoms with Gasteiger partial charge in [-0.3, -0.25) is 0 Å².